The van der Waals surface area contributed by atoms with E-state index in [4.69, 9.17) is 4.74 Å². The Kier molecular flexibility index (Phi) is 5.66. The van der Waals surface area contributed by atoms with E-state index in [2.05, 4.69) is 10.1 Å². The van der Waals surface area contributed by atoms with E-state index >= 15 is 0 Å². The minimum Gasteiger partial charge on any atom is -0.459 e. The van der Waals surface area contributed by atoms with E-state index in [1.54, 1.807) is 22.6 Å². The van der Waals surface area contributed by atoms with Gasteiger partial charge in [0, 0.05) is 34.8 Å². The van der Waals surface area contributed by atoms with Crippen LogP contribution in [0.15, 0.2) is 53.0 Å². The highest BCUT2D eigenvalue weighted by atomic mass is 32.2. The summed E-state index contributed by atoms with van der Waals surface area (Å²) >= 11 is 3.17. The molecule has 2 heterocycles. The number of carbonyl (C=O) groups excluding carboxylic acids is 1. The first kappa shape index (κ1) is 16.7. The first-order valence-electron chi connectivity index (χ1n) is 7.47. The van der Waals surface area contributed by atoms with Crippen LogP contribution in [0, 0.1) is 0 Å². The quantitative estimate of drug-likeness (QED) is 0.475. The van der Waals surface area contributed by atoms with Gasteiger partial charge in [-0.05, 0) is 12.1 Å². The Morgan fingerprint density at radius 2 is 2.17 bits per heavy atom. The lowest BCUT2D eigenvalue weighted by atomic mass is 10.4. The maximum atomic E-state index is 11.8. The molecule has 0 atom stereocenters. The molecule has 2 aromatic heterocycles. The number of hydrogen-bond donors (Lipinski definition) is 0. The Morgan fingerprint density at radius 3 is 2.92 bits per heavy atom. The lowest BCUT2D eigenvalue weighted by molar-refractivity contribution is -0.144. The van der Waals surface area contributed by atoms with Gasteiger partial charge in [-0.1, -0.05) is 18.2 Å². The van der Waals surface area contributed by atoms with Crippen molar-refractivity contribution in [3.05, 3.63) is 53.8 Å². The predicted octanol–water partition coefficient (Wildman–Crippen LogP) is 3.77. The molecule has 0 spiro atoms. The van der Waals surface area contributed by atoms with Gasteiger partial charge in [0.2, 0.25) is 0 Å². The molecule has 3 aromatic rings. The number of hydrogen-bond acceptors (Lipinski definition) is 6. The fraction of sp³-hybridized carbons (Fsp3) is 0.235. The number of carbonyl (C=O) groups is 1. The molecule has 0 radical (unpaired) electrons. The third-order valence-corrected chi connectivity index (χ3v) is 5.16. The van der Waals surface area contributed by atoms with Crippen LogP contribution in [0.3, 0.4) is 0 Å². The Labute approximate surface area is 148 Å². The molecule has 0 amide bonds. The molecule has 0 aliphatic rings. The Balaban J connectivity index is 1.42. The number of ether oxygens (including phenoxy) is 1. The van der Waals surface area contributed by atoms with E-state index in [1.807, 2.05) is 49.0 Å². The summed E-state index contributed by atoms with van der Waals surface area (Å²) in [5.74, 6) is 0.510. The highest BCUT2D eigenvalue weighted by Gasteiger charge is 2.09. The summed E-state index contributed by atoms with van der Waals surface area (Å²) in [6.45, 7) is 0.214. The Bertz CT molecular complexity index is 799. The first-order valence-corrected chi connectivity index (χ1v) is 9.34. The second-order valence-corrected chi connectivity index (χ2v) is 7.15. The third kappa shape index (κ3) is 4.69. The predicted molar refractivity (Wildman–Crippen MR) is 95.9 cm³/mol. The average molecular weight is 359 g/mol. The molecule has 5 nitrogen and oxygen atoms in total. The monoisotopic (exact) mass is 359 g/mol. The van der Waals surface area contributed by atoms with Gasteiger partial charge in [-0.2, -0.15) is 5.10 Å². The van der Waals surface area contributed by atoms with Crippen LogP contribution in [0.2, 0.25) is 0 Å². The number of thioether (sulfide) groups is 1. The van der Waals surface area contributed by atoms with Crippen LogP contribution in [-0.4, -0.2) is 26.5 Å². The second-order valence-electron chi connectivity index (χ2n) is 5.12. The molecule has 0 saturated heterocycles. The maximum absolute atomic E-state index is 11.8. The number of esters is 1. The molecule has 1 aromatic carbocycles. The molecule has 0 N–H and O–H groups in total. The van der Waals surface area contributed by atoms with Crippen molar-refractivity contribution in [2.75, 3.05) is 5.75 Å². The van der Waals surface area contributed by atoms with Crippen molar-refractivity contribution in [1.29, 1.82) is 0 Å². The summed E-state index contributed by atoms with van der Waals surface area (Å²) in [5.41, 5.74) is 1.74. The smallest absolute Gasteiger partial charge is 0.307 e. The van der Waals surface area contributed by atoms with Crippen LogP contribution in [0.5, 0.6) is 0 Å². The molecule has 24 heavy (non-hydrogen) atoms. The molecule has 0 saturated carbocycles. The number of aromatic nitrogens is 3. The summed E-state index contributed by atoms with van der Waals surface area (Å²) in [6.07, 6.45) is 4.07. The molecule has 7 heteroatoms. The molecule has 0 aliphatic heterocycles. The van der Waals surface area contributed by atoms with Gasteiger partial charge < -0.3 is 4.74 Å². The van der Waals surface area contributed by atoms with Gasteiger partial charge in [0.1, 0.15) is 11.6 Å². The lowest BCUT2D eigenvalue weighted by Crippen LogP contribution is -2.05. The van der Waals surface area contributed by atoms with Crippen LogP contribution in [0.4, 0.5) is 0 Å². The topological polar surface area (TPSA) is 57.0 Å². The second kappa shape index (κ2) is 8.12. The number of rotatable bonds is 7. The van der Waals surface area contributed by atoms with Crippen molar-refractivity contribution in [1.82, 2.24) is 14.8 Å². The zero-order valence-electron chi connectivity index (χ0n) is 13.2. The molecule has 3 rings (SSSR count). The van der Waals surface area contributed by atoms with Crippen LogP contribution < -0.4 is 0 Å². The minimum absolute atomic E-state index is 0.200. The number of aryl methyl sites for hydroxylation is 1. The van der Waals surface area contributed by atoms with E-state index in [0.29, 0.717) is 12.2 Å². The van der Waals surface area contributed by atoms with E-state index in [9.17, 15) is 4.79 Å². The summed E-state index contributed by atoms with van der Waals surface area (Å²) < 4.78 is 7.03. The van der Waals surface area contributed by atoms with E-state index in [-0.39, 0.29) is 12.6 Å². The van der Waals surface area contributed by atoms with Gasteiger partial charge in [-0.25, -0.2) is 4.98 Å². The SMILES string of the molecule is Cn1cc(-c2nc(COC(=O)CCSc3ccccc3)cs2)cn1. The van der Waals surface area contributed by atoms with Crippen molar-refractivity contribution in [2.45, 2.75) is 17.9 Å². The fourth-order valence-electron chi connectivity index (χ4n) is 2.03. The third-order valence-electron chi connectivity index (χ3n) is 3.20. The molecule has 0 bridgehead atoms. The Hall–Kier alpha value is -2.12. The summed E-state index contributed by atoms with van der Waals surface area (Å²) in [5, 5.41) is 6.93. The maximum Gasteiger partial charge on any atom is 0.307 e. The summed E-state index contributed by atoms with van der Waals surface area (Å²) in [4.78, 5) is 17.4. The van der Waals surface area contributed by atoms with Crippen molar-refractivity contribution in [3.63, 3.8) is 0 Å². The minimum atomic E-state index is -0.200. The van der Waals surface area contributed by atoms with Gasteiger partial charge in [-0.15, -0.1) is 23.1 Å². The molecule has 124 valence electrons. The number of nitrogens with zero attached hydrogens (tertiary/aromatic N) is 3. The van der Waals surface area contributed by atoms with Crippen molar-refractivity contribution in [2.24, 2.45) is 7.05 Å². The van der Waals surface area contributed by atoms with Gasteiger partial charge in [0.25, 0.3) is 0 Å². The highest BCUT2D eigenvalue weighted by molar-refractivity contribution is 7.99. The van der Waals surface area contributed by atoms with Gasteiger partial charge >= 0.3 is 5.97 Å². The number of benzene rings is 1. The van der Waals surface area contributed by atoms with Gasteiger partial charge in [0.15, 0.2) is 0 Å². The first-order chi connectivity index (χ1) is 11.7. The summed E-state index contributed by atoms with van der Waals surface area (Å²) in [6, 6.07) is 10.0. The van der Waals surface area contributed by atoms with Crippen LogP contribution in [0.25, 0.3) is 10.6 Å². The highest BCUT2D eigenvalue weighted by Crippen LogP contribution is 2.23. The van der Waals surface area contributed by atoms with Crippen LogP contribution in [0.1, 0.15) is 12.1 Å². The van der Waals surface area contributed by atoms with Crippen LogP contribution in [-0.2, 0) is 23.2 Å². The Morgan fingerprint density at radius 1 is 1.33 bits per heavy atom. The zero-order valence-corrected chi connectivity index (χ0v) is 14.8. The molecule has 0 fully saturated rings. The lowest BCUT2D eigenvalue weighted by Gasteiger charge is -2.03. The standard InChI is InChI=1S/C17H17N3O2S2/c1-20-10-13(9-18-20)17-19-14(12-24-17)11-22-16(21)7-8-23-15-5-3-2-4-6-15/h2-6,9-10,12H,7-8,11H2,1H3. The summed E-state index contributed by atoms with van der Waals surface area (Å²) in [7, 11) is 1.87. The fourth-order valence-corrected chi connectivity index (χ4v) is 3.67. The van der Waals surface area contributed by atoms with Crippen molar-refractivity contribution < 1.29 is 9.53 Å². The zero-order chi connectivity index (χ0) is 16.8. The molecule has 0 unspecified atom stereocenters. The van der Waals surface area contributed by atoms with Crippen molar-refractivity contribution >= 4 is 29.1 Å². The molecular formula is C17H17N3O2S2. The van der Waals surface area contributed by atoms with E-state index in [0.717, 1.165) is 21.2 Å². The van der Waals surface area contributed by atoms with Crippen molar-refractivity contribution in [3.8, 4) is 10.6 Å². The number of thiazole rings is 1. The van der Waals surface area contributed by atoms with Crippen LogP contribution >= 0.6 is 23.1 Å². The average Bonchev–Trinajstić information content (AvgIpc) is 3.23. The largest absolute Gasteiger partial charge is 0.459 e. The normalized spacial score (nSPS) is 10.7. The van der Waals surface area contributed by atoms with Gasteiger partial charge in [0.05, 0.1) is 18.3 Å². The van der Waals surface area contributed by atoms with Gasteiger partial charge in [-0.3, -0.25) is 9.48 Å². The molecular weight excluding hydrogens is 342 g/mol. The van der Waals surface area contributed by atoms with E-state index in [1.165, 1.54) is 11.3 Å². The molecule has 0 aliphatic carbocycles. The van der Waals surface area contributed by atoms with E-state index < -0.39 is 0 Å².